The maximum atomic E-state index is 5.44. The molecular formula is C23H18N4O2. The molecule has 6 heteroatoms. The van der Waals surface area contributed by atoms with E-state index in [1.54, 1.807) is 14.2 Å². The number of para-hydroxylation sites is 1. The molecule has 2 heterocycles. The van der Waals surface area contributed by atoms with Crippen LogP contribution in [0.5, 0.6) is 11.5 Å². The molecule has 0 spiro atoms. The first-order valence-corrected chi connectivity index (χ1v) is 9.20. The summed E-state index contributed by atoms with van der Waals surface area (Å²) in [5.74, 6) is 1.57. The second-order valence-corrected chi connectivity index (χ2v) is 6.64. The Bertz CT molecular complexity index is 1330. The van der Waals surface area contributed by atoms with Crippen LogP contribution < -0.4 is 9.47 Å². The summed E-state index contributed by atoms with van der Waals surface area (Å²) in [5.41, 5.74) is 4.46. The minimum atomic E-state index is 0.770. The van der Waals surface area contributed by atoms with Crippen LogP contribution in [0.25, 0.3) is 38.8 Å². The molecule has 0 fully saturated rings. The molecule has 0 aliphatic carbocycles. The first-order valence-electron chi connectivity index (χ1n) is 9.20. The lowest BCUT2D eigenvalue weighted by molar-refractivity contribution is 0.415. The molecule has 0 aliphatic heterocycles. The summed E-state index contributed by atoms with van der Waals surface area (Å²) in [5, 5.41) is 10.8. The molecule has 0 unspecified atom stereocenters. The highest BCUT2D eigenvalue weighted by molar-refractivity contribution is 6.03. The van der Waals surface area contributed by atoms with Crippen LogP contribution in [0.2, 0.25) is 0 Å². The van der Waals surface area contributed by atoms with Crippen molar-refractivity contribution in [3.63, 3.8) is 0 Å². The minimum absolute atomic E-state index is 0.770. The van der Waals surface area contributed by atoms with Crippen LogP contribution in [0.15, 0.2) is 72.9 Å². The van der Waals surface area contributed by atoms with Gasteiger partial charge in [0.05, 0.1) is 37.1 Å². The third-order valence-electron chi connectivity index (χ3n) is 4.97. The Kier molecular flexibility index (Phi) is 4.09. The highest BCUT2D eigenvalue weighted by Crippen LogP contribution is 2.32. The Hall–Kier alpha value is -3.93. The quantitative estimate of drug-likeness (QED) is 0.423. The van der Waals surface area contributed by atoms with Crippen LogP contribution in [0, 0.1) is 0 Å². The van der Waals surface area contributed by atoms with Crippen molar-refractivity contribution in [2.75, 3.05) is 14.2 Å². The van der Waals surface area contributed by atoms with Crippen LogP contribution >= 0.6 is 0 Å². The predicted molar refractivity (Wildman–Crippen MR) is 113 cm³/mol. The van der Waals surface area contributed by atoms with Gasteiger partial charge < -0.3 is 9.47 Å². The lowest BCUT2D eigenvalue weighted by Crippen LogP contribution is -2.00. The van der Waals surface area contributed by atoms with Gasteiger partial charge in [-0.05, 0) is 48.5 Å². The van der Waals surface area contributed by atoms with E-state index in [9.17, 15) is 0 Å². The fraction of sp³-hybridized carbons (Fsp3) is 0.0870. The minimum Gasteiger partial charge on any atom is -0.497 e. The van der Waals surface area contributed by atoms with Crippen molar-refractivity contribution in [3.05, 3.63) is 72.9 Å². The van der Waals surface area contributed by atoms with E-state index in [0.29, 0.717) is 0 Å². The first-order chi connectivity index (χ1) is 14.3. The molecule has 142 valence electrons. The van der Waals surface area contributed by atoms with Crippen LogP contribution in [0.1, 0.15) is 0 Å². The van der Waals surface area contributed by atoms with Crippen molar-refractivity contribution < 1.29 is 9.47 Å². The highest BCUT2D eigenvalue weighted by atomic mass is 16.5. The Morgan fingerprint density at radius 3 is 2.28 bits per heavy atom. The monoisotopic (exact) mass is 382 g/mol. The lowest BCUT2D eigenvalue weighted by Gasteiger charge is -2.11. The van der Waals surface area contributed by atoms with Crippen molar-refractivity contribution in [3.8, 4) is 28.4 Å². The number of pyridine rings is 1. The van der Waals surface area contributed by atoms with Gasteiger partial charge in [0.25, 0.3) is 0 Å². The summed E-state index contributed by atoms with van der Waals surface area (Å²) < 4.78 is 12.5. The third-order valence-corrected chi connectivity index (χ3v) is 4.97. The molecule has 0 saturated heterocycles. The molecule has 0 radical (unpaired) electrons. The summed E-state index contributed by atoms with van der Waals surface area (Å²) in [6.45, 7) is 0. The van der Waals surface area contributed by atoms with Crippen LogP contribution in [-0.4, -0.2) is 34.2 Å². The maximum absolute atomic E-state index is 5.44. The summed E-state index contributed by atoms with van der Waals surface area (Å²) in [6, 6.07) is 21.7. The smallest absolute Gasteiger partial charge is 0.119 e. The second kappa shape index (κ2) is 6.91. The Balaban J connectivity index is 1.73. The summed E-state index contributed by atoms with van der Waals surface area (Å²) in [4.78, 5) is 4.79. The Morgan fingerprint density at radius 2 is 1.48 bits per heavy atom. The van der Waals surface area contributed by atoms with E-state index in [-0.39, 0.29) is 0 Å². The predicted octanol–water partition coefficient (Wildman–Crippen LogP) is 4.65. The van der Waals surface area contributed by atoms with Crippen LogP contribution in [-0.2, 0) is 0 Å². The average Bonchev–Trinajstić information content (AvgIpc) is 3.27. The number of fused-ring (bicyclic) bond motifs is 2. The fourth-order valence-electron chi connectivity index (χ4n) is 3.49. The van der Waals surface area contributed by atoms with Gasteiger partial charge in [0.15, 0.2) is 0 Å². The molecule has 2 aromatic heterocycles. The van der Waals surface area contributed by atoms with E-state index in [1.165, 1.54) is 0 Å². The van der Waals surface area contributed by atoms with Gasteiger partial charge in [0.2, 0.25) is 0 Å². The number of nitrogens with zero attached hydrogens (tertiary/aromatic N) is 4. The molecule has 0 saturated carbocycles. The fourth-order valence-corrected chi connectivity index (χ4v) is 3.49. The Labute approximate surface area is 167 Å². The molecule has 0 N–H and O–H groups in total. The zero-order chi connectivity index (χ0) is 19.8. The number of methoxy groups -OCH3 is 2. The van der Waals surface area contributed by atoms with Crippen LogP contribution in [0.3, 0.4) is 0 Å². The van der Waals surface area contributed by atoms with Gasteiger partial charge >= 0.3 is 0 Å². The van der Waals surface area contributed by atoms with Crippen LogP contribution in [0.4, 0.5) is 0 Å². The summed E-state index contributed by atoms with van der Waals surface area (Å²) >= 11 is 0. The topological polar surface area (TPSA) is 62.1 Å². The standard InChI is InChI=1S/C23H18N4O2/c1-28-16-9-7-15(8-10-16)22-14-27(26-25-22)23-18-5-3-4-6-20(18)24-21-12-11-17(29-2)13-19(21)23/h3-14H,1-2H3. The zero-order valence-corrected chi connectivity index (χ0v) is 16.0. The van der Waals surface area contributed by atoms with Crippen molar-refractivity contribution in [1.82, 2.24) is 20.0 Å². The molecule has 6 nitrogen and oxygen atoms in total. The number of hydrogen-bond acceptors (Lipinski definition) is 5. The number of rotatable bonds is 4. The number of aromatic nitrogens is 4. The highest BCUT2D eigenvalue weighted by Gasteiger charge is 2.14. The average molecular weight is 382 g/mol. The third kappa shape index (κ3) is 2.95. The molecule has 5 rings (SSSR count). The van der Waals surface area contributed by atoms with Gasteiger partial charge in [-0.15, -0.1) is 5.10 Å². The van der Waals surface area contributed by atoms with E-state index >= 15 is 0 Å². The number of ether oxygens (including phenoxy) is 2. The van der Waals surface area contributed by atoms with Gasteiger partial charge in [-0.25, -0.2) is 9.67 Å². The van der Waals surface area contributed by atoms with Crippen molar-refractivity contribution in [2.24, 2.45) is 0 Å². The van der Waals surface area contributed by atoms with Crippen molar-refractivity contribution >= 4 is 21.8 Å². The van der Waals surface area contributed by atoms with Gasteiger partial charge in [-0.2, -0.15) is 0 Å². The molecule has 0 aliphatic rings. The number of hydrogen-bond donors (Lipinski definition) is 0. The van der Waals surface area contributed by atoms with Gasteiger partial charge in [-0.1, -0.05) is 23.4 Å². The van der Waals surface area contributed by atoms with E-state index in [4.69, 9.17) is 14.5 Å². The molecule has 3 aromatic carbocycles. The van der Waals surface area contributed by atoms with Gasteiger partial charge in [0, 0.05) is 16.3 Å². The second-order valence-electron chi connectivity index (χ2n) is 6.64. The first kappa shape index (κ1) is 17.2. The molecule has 0 atom stereocenters. The van der Waals surface area contributed by atoms with E-state index < -0.39 is 0 Å². The molecule has 0 amide bonds. The number of benzene rings is 3. The van der Waals surface area contributed by atoms with E-state index in [2.05, 4.69) is 10.3 Å². The lowest BCUT2D eigenvalue weighted by atomic mass is 10.1. The molecular weight excluding hydrogens is 364 g/mol. The molecule has 0 bridgehead atoms. The van der Waals surface area contributed by atoms with E-state index in [1.807, 2.05) is 77.6 Å². The van der Waals surface area contributed by atoms with Gasteiger partial charge in [0.1, 0.15) is 17.2 Å². The Morgan fingerprint density at radius 1 is 0.759 bits per heavy atom. The molecule has 5 aromatic rings. The van der Waals surface area contributed by atoms with E-state index in [0.717, 1.165) is 50.2 Å². The molecule has 29 heavy (non-hydrogen) atoms. The van der Waals surface area contributed by atoms with Crippen molar-refractivity contribution in [1.29, 1.82) is 0 Å². The normalized spacial score (nSPS) is 11.1. The zero-order valence-electron chi connectivity index (χ0n) is 16.0. The SMILES string of the molecule is COc1ccc(-c2cn(-c3c4ccccc4nc4ccc(OC)cc34)nn2)cc1. The summed E-state index contributed by atoms with van der Waals surface area (Å²) in [6.07, 6.45) is 1.93. The largest absolute Gasteiger partial charge is 0.497 e. The summed E-state index contributed by atoms with van der Waals surface area (Å²) in [7, 11) is 3.31. The maximum Gasteiger partial charge on any atom is 0.119 e. The van der Waals surface area contributed by atoms with Gasteiger partial charge in [-0.3, -0.25) is 0 Å². The van der Waals surface area contributed by atoms with Crippen molar-refractivity contribution in [2.45, 2.75) is 0 Å².